The number of carbonyl (C=O) groups is 1. The van der Waals surface area contributed by atoms with Crippen LogP contribution >= 0.6 is 15.9 Å². The van der Waals surface area contributed by atoms with Gasteiger partial charge in [-0.2, -0.15) is 0 Å². The third-order valence-corrected chi connectivity index (χ3v) is 3.52. The van der Waals surface area contributed by atoms with Crippen LogP contribution in [0.3, 0.4) is 0 Å². The molecule has 19 heavy (non-hydrogen) atoms. The van der Waals surface area contributed by atoms with E-state index in [1.165, 1.54) is 6.07 Å². The van der Waals surface area contributed by atoms with E-state index >= 15 is 0 Å². The first kappa shape index (κ1) is 14.3. The fourth-order valence-electron chi connectivity index (χ4n) is 1.88. The van der Waals surface area contributed by atoms with Crippen LogP contribution in [0.25, 0.3) is 0 Å². The Hall–Kier alpha value is -1.14. The maximum absolute atomic E-state index is 13.5. The molecule has 6 heteroatoms. The Bertz CT molecular complexity index is 450. The van der Waals surface area contributed by atoms with Gasteiger partial charge < -0.3 is 15.4 Å². The number of hydrogen-bond acceptors (Lipinski definition) is 2. The summed E-state index contributed by atoms with van der Waals surface area (Å²) in [5.74, 6) is 0.0500. The zero-order chi connectivity index (χ0) is 13.7. The first-order chi connectivity index (χ1) is 9.15. The molecule has 1 heterocycles. The molecule has 4 nitrogen and oxygen atoms in total. The monoisotopic (exact) mass is 330 g/mol. The van der Waals surface area contributed by atoms with E-state index in [2.05, 4.69) is 26.6 Å². The Kier molecular flexibility index (Phi) is 5.15. The number of rotatable bonds is 4. The van der Waals surface area contributed by atoms with Gasteiger partial charge in [0.15, 0.2) is 0 Å². The molecule has 104 valence electrons. The van der Waals surface area contributed by atoms with Crippen LogP contribution in [0.5, 0.6) is 0 Å². The molecule has 1 aromatic rings. The normalized spacial score (nSPS) is 18.3. The summed E-state index contributed by atoms with van der Waals surface area (Å²) in [5.41, 5.74) is 0.461. The number of carbonyl (C=O) groups excluding carboxylic acids is 1. The molecule has 1 aliphatic heterocycles. The smallest absolute Gasteiger partial charge is 0.315 e. The fourth-order valence-corrected chi connectivity index (χ4v) is 2.22. The van der Waals surface area contributed by atoms with Crippen molar-refractivity contribution in [3.8, 4) is 0 Å². The van der Waals surface area contributed by atoms with Gasteiger partial charge in [0.1, 0.15) is 5.82 Å². The van der Waals surface area contributed by atoms with Gasteiger partial charge in [0.05, 0.1) is 6.61 Å². The predicted molar refractivity (Wildman–Crippen MR) is 73.3 cm³/mol. The van der Waals surface area contributed by atoms with E-state index in [9.17, 15) is 9.18 Å². The summed E-state index contributed by atoms with van der Waals surface area (Å²) in [7, 11) is 0. The first-order valence-corrected chi connectivity index (χ1v) is 6.98. The van der Waals surface area contributed by atoms with Gasteiger partial charge in [-0.3, -0.25) is 0 Å². The number of nitrogens with one attached hydrogen (secondary N) is 2. The maximum atomic E-state index is 13.5. The van der Waals surface area contributed by atoms with E-state index in [4.69, 9.17) is 4.74 Å². The summed E-state index contributed by atoms with van der Waals surface area (Å²) in [6.07, 6.45) is 0.974. The van der Waals surface area contributed by atoms with Gasteiger partial charge in [-0.05, 0) is 18.6 Å². The highest BCUT2D eigenvalue weighted by Crippen LogP contribution is 2.15. The Morgan fingerprint density at radius 3 is 3.00 bits per heavy atom. The molecule has 1 aromatic carbocycles. The molecule has 0 unspecified atom stereocenters. The quantitative estimate of drug-likeness (QED) is 0.890. The Balaban J connectivity index is 1.73. The summed E-state index contributed by atoms with van der Waals surface area (Å²) in [6, 6.07) is 4.48. The van der Waals surface area contributed by atoms with Crippen molar-refractivity contribution >= 4 is 22.0 Å². The van der Waals surface area contributed by atoms with Crippen LogP contribution in [0.15, 0.2) is 22.7 Å². The number of benzene rings is 1. The summed E-state index contributed by atoms with van der Waals surface area (Å²) in [6.45, 7) is 2.22. The molecule has 0 aromatic heterocycles. The third-order valence-electron chi connectivity index (χ3n) is 3.03. The molecule has 0 bridgehead atoms. The van der Waals surface area contributed by atoms with Crippen molar-refractivity contribution in [3.63, 3.8) is 0 Å². The predicted octanol–water partition coefficient (Wildman–Crippen LogP) is 2.42. The van der Waals surface area contributed by atoms with Crippen molar-refractivity contribution in [2.75, 3.05) is 19.8 Å². The van der Waals surface area contributed by atoms with E-state index in [1.54, 1.807) is 12.1 Å². The lowest BCUT2D eigenvalue weighted by atomic mass is 10.1. The lowest BCUT2D eigenvalue weighted by molar-refractivity contribution is 0.185. The van der Waals surface area contributed by atoms with Gasteiger partial charge in [-0.15, -0.1) is 0 Å². The lowest BCUT2D eigenvalue weighted by Crippen LogP contribution is -2.38. The third kappa shape index (κ3) is 4.47. The van der Waals surface area contributed by atoms with Gasteiger partial charge >= 0.3 is 6.03 Å². The van der Waals surface area contributed by atoms with E-state index < -0.39 is 0 Å². The topological polar surface area (TPSA) is 50.4 Å². The van der Waals surface area contributed by atoms with Crippen LogP contribution in [0.1, 0.15) is 12.0 Å². The second-order valence-corrected chi connectivity index (χ2v) is 5.44. The largest absolute Gasteiger partial charge is 0.381 e. The van der Waals surface area contributed by atoms with Crippen molar-refractivity contribution in [1.29, 1.82) is 0 Å². The lowest BCUT2D eigenvalue weighted by Gasteiger charge is -2.11. The van der Waals surface area contributed by atoms with Crippen LogP contribution in [0, 0.1) is 11.7 Å². The molecule has 0 aliphatic carbocycles. The molecule has 0 radical (unpaired) electrons. The summed E-state index contributed by atoms with van der Waals surface area (Å²) in [5, 5.41) is 5.40. The number of amides is 2. The molecule has 1 aliphatic rings. The minimum atomic E-state index is -0.334. The first-order valence-electron chi connectivity index (χ1n) is 6.18. The van der Waals surface area contributed by atoms with Crippen molar-refractivity contribution in [3.05, 3.63) is 34.1 Å². The Morgan fingerprint density at radius 2 is 2.32 bits per heavy atom. The van der Waals surface area contributed by atoms with Crippen LogP contribution in [0.2, 0.25) is 0 Å². The molecule has 0 spiro atoms. The molecular formula is C13H16BrFN2O2. The van der Waals surface area contributed by atoms with Gasteiger partial charge in [0, 0.05) is 35.7 Å². The molecule has 1 fully saturated rings. The number of hydrogen-bond donors (Lipinski definition) is 2. The molecule has 1 saturated heterocycles. The van der Waals surface area contributed by atoms with E-state index in [0.717, 1.165) is 13.0 Å². The number of ether oxygens (including phenoxy) is 1. The van der Waals surface area contributed by atoms with E-state index in [1.807, 2.05) is 0 Å². The van der Waals surface area contributed by atoms with Crippen LogP contribution in [0.4, 0.5) is 9.18 Å². The number of halogens is 2. The molecule has 0 saturated carbocycles. The van der Waals surface area contributed by atoms with Gasteiger partial charge in [0.25, 0.3) is 0 Å². The zero-order valence-electron chi connectivity index (χ0n) is 10.4. The summed E-state index contributed by atoms with van der Waals surface area (Å²) < 4.78 is 19.4. The Labute approximate surface area is 119 Å². The van der Waals surface area contributed by atoms with Crippen LogP contribution in [-0.4, -0.2) is 25.8 Å². The second kappa shape index (κ2) is 6.86. The molecule has 1 atom stereocenters. The highest BCUT2D eigenvalue weighted by Gasteiger charge is 2.16. The minimum absolute atomic E-state index is 0.173. The SMILES string of the molecule is O=C(NCc1ccc(Br)cc1F)NC[C@H]1CCOC1. The zero-order valence-corrected chi connectivity index (χ0v) is 12.0. The molecule has 2 amide bonds. The number of urea groups is 1. The minimum Gasteiger partial charge on any atom is -0.381 e. The molecule has 2 N–H and O–H groups in total. The maximum Gasteiger partial charge on any atom is 0.315 e. The van der Waals surface area contributed by atoms with Crippen molar-refractivity contribution in [2.24, 2.45) is 5.92 Å². The van der Waals surface area contributed by atoms with Gasteiger partial charge in [-0.25, -0.2) is 9.18 Å². The molecular weight excluding hydrogens is 315 g/mol. The summed E-state index contributed by atoms with van der Waals surface area (Å²) in [4.78, 5) is 11.6. The standard InChI is InChI=1S/C13H16BrFN2O2/c14-11-2-1-10(12(15)5-11)7-17-13(18)16-6-9-3-4-19-8-9/h1-2,5,9H,3-4,6-8H2,(H2,16,17,18)/t9-/m1/s1. The van der Waals surface area contributed by atoms with Crippen molar-refractivity contribution in [2.45, 2.75) is 13.0 Å². The second-order valence-electron chi connectivity index (χ2n) is 4.53. The van der Waals surface area contributed by atoms with Gasteiger partial charge in [0.2, 0.25) is 0 Å². The fraction of sp³-hybridized carbons (Fsp3) is 0.462. The highest BCUT2D eigenvalue weighted by atomic mass is 79.9. The van der Waals surface area contributed by atoms with E-state index in [-0.39, 0.29) is 18.4 Å². The average molecular weight is 331 g/mol. The average Bonchev–Trinajstić information content (AvgIpc) is 2.88. The van der Waals surface area contributed by atoms with Crippen molar-refractivity contribution in [1.82, 2.24) is 10.6 Å². The summed E-state index contributed by atoms with van der Waals surface area (Å²) >= 11 is 3.19. The van der Waals surface area contributed by atoms with Gasteiger partial charge in [-0.1, -0.05) is 22.0 Å². The highest BCUT2D eigenvalue weighted by molar-refractivity contribution is 9.10. The van der Waals surface area contributed by atoms with Crippen LogP contribution in [-0.2, 0) is 11.3 Å². The van der Waals surface area contributed by atoms with Crippen LogP contribution < -0.4 is 10.6 Å². The van der Waals surface area contributed by atoms with E-state index in [0.29, 0.717) is 29.1 Å². The van der Waals surface area contributed by atoms with Crippen molar-refractivity contribution < 1.29 is 13.9 Å². The molecule has 2 rings (SSSR count). The Morgan fingerprint density at radius 1 is 1.47 bits per heavy atom.